The summed E-state index contributed by atoms with van der Waals surface area (Å²) in [6, 6.07) is 1.18. The second-order valence-corrected chi connectivity index (χ2v) is 4.31. The van der Waals surface area contributed by atoms with Gasteiger partial charge in [-0.15, -0.1) is 0 Å². The highest BCUT2D eigenvalue weighted by Crippen LogP contribution is 2.19. The zero-order valence-electron chi connectivity index (χ0n) is 9.16. The van der Waals surface area contributed by atoms with Gasteiger partial charge < -0.3 is 15.5 Å². The molecule has 1 rings (SSSR count). The summed E-state index contributed by atoms with van der Waals surface area (Å²) in [4.78, 5) is 4.72. The van der Waals surface area contributed by atoms with E-state index in [9.17, 15) is 0 Å². The molecule has 3 nitrogen and oxygen atoms in total. The molecule has 78 valence electrons. The molecule has 0 spiro atoms. The van der Waals surface area contributed by atoms with E-state index in [1.54, 1.807) is 0 Å². The summed E-state index contributed by atoms with van der Waals surface area (Å²) in [6.07, 6.45) is 4.01. The van der Waals surface area contributed by atoms with Gasteiger partial charge in [0, 0.05) is 18.6 Å². The monoisotopic (exact) mass is 185 g/mol. The van der Waals surface area contributed by atoms with Crippen LogP contribution in [0.15, 0.2) is 0 Å². The van der Waals surface area contributed by atoms with Crippen molar-refractivity contribution in [2.75, 3.05) is 34.2 Å². The average molecular weight is 185 g/mol. The van der Waals surface area contributed by atoms with E-state index in [2.05, 4.69) is 30.9 Å². The average Bonchev–Trinajstić information content (AvgIpc) is 2.09. The summed E-state index contributed by atoms with van der Waals surface area (Å²) in [5, 5.41) is 0. The molecule has 13 heavy (non-hydrogen) atoms. The lowest BCUT2D eigenvalue weighted by atomic mass is 9.95. The van der Waals surface area contributed by atoms with Gasteiger partial charge in [-0.1, -0.05) is 6.42 Å². The fourth-order valence-electron chi connectivity index (χ4n) is 2.30. The van der Waals surface area contributed by atoms with Crippen LogP contribution in [-0.4, -0.2) is 56.1 Å². The first-order chi connectivity index (χ1) is 6.16. The maximum Gasteiger partial charge on any atom is 0.0367 e. The van der Waals surface area contributed by atoms with Crippen LogP contribution in [0.4, 0.5) is 0 Å². The van der Waals surface area contributed by atoms with Gasteiger partial charge in [0.2, 0.25) is 0 Å². The number of piperidine rings is 1. The Labute approximate surface area is 81.9 Å². The van der Waals surface area contributed by atoms with E-state index >= 15 is 0 Å². The molecule has 0 saturated carbocycles. The lowest BCUT2D eigenvalue weighted by Gasteiger charge is -2.40. The van der Waals surface area contributed by atoms with E-state index in [1.165, 1.54) is 25.8 Å². The third-order valence-electron chi connectivity index (χ3n) is 3.18. The SMILES string of the molecule is CN(C)C(CN)C1CCCCN1C. The molecule has 1 heterocycles. The van der Waals surface area contributed by atoms with Gasteiger partial charge in [-0.3, -0.25) is 0 Å². The minimum absolute atomic E-state index is 0.519. The van der Waals surface area contributed by atoms with Gasteiger partial charge in [0.1, 0.15) is 0 Å². The Morgan fingerprint density at radius 3 is 2.62 bits per heavy atom. The first-order valence-corrected chi connectivity index (χ1v) is 5.23. The molecular formula is C10H23N3. The largest absolute Gasteiger partial charge is 0.329 e. The van der Waals surface area contributed by atoms with Crippen molar-refractivity contribution in [2.45, 2.75) is 31.3 Å². The molecule has 0 aromatic carbocycles. The molecule has 0 aromatic heterocycles. The maximum atomic E-state index is 5.80. The molecule has 1 aliphatic rings. The first-order valence-electron chi connectivity index (χ1n) is 5.23. The first kappa shape index (κ1) is 11.0. The van der Waals surface area contributed by atoms with E-state index in [-0.39, 0.29) is 0 Å². The topological polar surface area (TPSA) is 32.5 Å². The van der Waals surface area contributed by atoms with Crippen LogP contribution in [0.25, 0.3) is 0 Å². The Balaban J connectivity index is 2.55. The molecule has 2 unspecified atom stereocenters. The highest BCUT2D eigenvalue weighted by Gasteiger charge is 2.27. The summed E-state index contributed by atoms with van der Waals surface area (Å²) in [6.45, 7) is 2.00. The van der Waals surface area contributed by atoms with Crippen molar-refractivity contribution in [3.05, 3.63) is 0 Å². The van der Waals surface area contributed by atoms with Gasteiger partial charge in [-0.25, -0.2) is 0 Å². The highest BCUT2D eigenvalue weighted by atomic mass is 15.2. The Morgan fingerprint density at radius 1 is 1.46 bits per heavy atom. The second kappa shape index (κ2) is 4.94. The number of nitrogens with zero attached hydrogens (tertiary/aromatic N) is 2. The molecule has 0 bridgehead atoms. The maximum absolute atomic E-state index is 5.80. The summed E-state index contributed by atoms with van der Waals surface area (Å²) < 4.78 is 0. The zero-order valence-corrected chi connectivity index (χ0v) is 9.16. The Bertz CT molecular complexity index is 147. The minimum atomic E-state index is 0.519. The lowest BCUT2D eigenvalue weighted by molar-refractivity contribution is 0.101. The van der Waals surface area contributed by atoms with Gasteiger partial charge in [0.15, 0.2) is 0 Å². The van der Waals surface area contributed by atoms with Crippen molar-refractivity contribution in [1.82, 2.24) is 9.80 Å². The molecule has 0 aliphatic carbocycles. The third kappa shape index (κ3) is 2.66. The van der Waals surface area contributed by atoms with Gasteiger partial charge in [0.25, 0.3) is 0 Å². The van der Waals surface area contributed by atoms with Gasteiger partial charge in [-0.2, -0.15) is 0 Å². The van der Waals surface area contributed by atoms with Crippen LogP contribution in [0.3, 0.4) is 0 Å². The molecule has 3 heteroatoms. The molecule has 2 N–H and O–H groups in total. The minimum Gasteiger partial charge on any atom is -0.329 e. The number of nitrogens with two attached hydrogens (primary N) is 1. The number of hydrogen-bond acceptors (Lipinski definition) is 3. The molecule has 1 fully saturated rings. The van der Waals surface area contributed by atoms with Crippen molar-refractivity contribution in [3.63, 3.8) is 0 Å². The van der Waals surface area contributed by atoms with Crippen LogP contribution in [0, 0.1) is 0 Å². The van der Waals surface area contributed by atoms with Crippen LogP contribution >= 0.6 is 0 Å². The fourth-order valence-corrected chi connectivity index (χ4v) is 2.30. The summed E-state index contributed by atoms with van der Waals surface area (Å²) in [7, 11) is 6.47. The van der Waals surface area contributed by atoms with E-state index < -0.39 is 0 Å². The zero-order chi connectivity index (χ0) is 9.84. The standard InChI is InChI=1S/C10H23N3/c1-12(2)10(8-11)9-6-4-5-7-13(9)3/h9-10H,4-8,11H2,1-3H3. The lowest BCUT2D eigenvalue weighted by Crippen LogP contribution is -2.53. The van der Waals surface area contributed by atoms with Gasteiger partial charge in [0.05, 0.1) is 0 Å². The Morgan fingerprint density at radius 2 is 2.15 bits per heavy atom. The molecule has 2 atom stereocenters. The van der Waals surface area contributed by atoms with E-state index in [1.807, 2.05) is 0 Å². The summed E-state index contributed by atoms with van der Waals surface area (Å²) in [5.41, 5.74) is 5.80. The van der Waals surface area contributed by atoms with Gasteiger partial charge >= 0.3 is 0 Å². The molecule has 0 aromatic rings. The predicted octanol–water partition coefficient (Wildman–Crippen LogP) is 0.360. The summed E-state index contributed by atoms with van der Waals surface area (Å²) in [5.74, 6) is 0. The molecule has 0 radical (unpaired) electrons. The molecule has 1 saturated heterocycles. The van der Waals surface area contributed by atoms with Crippen molar-refractivity contribution in [1.29, 1.82) is 0 Å². The number of rotatable bonds is 3. The number of hydrogen-bond donors (Lipinski definition) is 1. The van der Waals surface area contributed by atoms with Crippen molar-refractivity contribution < 1.29 is 0 Å². The smallest absolute Gasteiger partial charge is 0.0367 e. The van der Waals surface area contributed by atoms with E-state index in [0.29, 0.717) is 12.1 Å². The third-order valence-corrected chi connectivity index (χ3v) is 3.18. The summed E-state index contributed by atoms with van der Waals surface area (Å²) >= 11 is 0. The van der Waals surface area contributed by atoms with E-state index in [4.69, 9.17) is 5.73 Å². The van der Waals surface area contributed by atoms with Crippen molar-refractivity contribution in [3.8, 4) is 0 Å². The van der Waals surface area contributed by atoms with E-state index in [0.717, 1.165) is 6.54 Å². The van der Waals surface area contributed by atoms with Crippen LogP contribution in [0.1, 0.15) is 19.3 Å². The van der Waals surface area contributed by atoms with Crippen LogP contribution < -0.4 is 5.73 Å². The predicted molar refractivity (Wildman–Crippen MR) is 56.8 cm³/mol. The number of likely N-dealkylation sites (N-methyl/N-ethyl adjacent to an activating group) is 2. The highest BCUT2D eigenvalue weighted by molar-refractivity contribution is 4.86. The van der Waals surface area contributed by atoms with Crippen LogP contribution in [-0.2, 0) is 0 Å². The molecular weight excluding hydrogens is 162 g/mol. The van der Waals surface area contributed by atoms with Crippen molar-refractivity contribution in [2.24, 2.45) is 5.73 Å². The fraction of sp³-hybridized carbons (Fsp3) is 1.00. The van der Waals surface area contributed by atoms with Gasteiger partial charge in [-0.05, 0) is 40.5 Å². The number of likely N-dealkylation sites (tertiary alicyclic amines) is 1. The van der Waals surface area contributed by atoms with Crippen molar-refractivity contribution >= 4 is 0 Å². The van der Waals surface area contributed by atoms with Crippen LogP contribution in [0.2, 0.25) is 0 Å². The van der Waals surface area contributed by atoms with Crippen LogP contribution in [0.5, 0.6) is 0 Å². The molecule has 0 amide bonds. The Hall–Kier alpha value is -0.120. The second-order valence-electron chi connectivity index (χ2n) is 4.31. The molecule has 1 aliphatic heterocycles. The Kier molecular flexibility index (Phi) is 4.16. The normalized spacial score (nSPS) is 27.9. The quantitative estimate of drug-likeness (QED) is 0.689.